The molecule has 2 saturated heterocycles. The Kier molecular flexibility index (Phi) is 6.81. The van der Waals surface area contributed by atoms with E-state index in [1.807, 2.05) is 0 Å². The highest BCUT2D eigenvalue weighted by molar-refractivity contribution is 6.42. The number of carbonyl (C=O) groups excluding carboxylic acids is 2. The van der Waals surface area contributed by atoms with Gasteiger partial charge in [0.05, 0.1) is 10.0 Å². The predicted octanol–water partition coefficient (Wildman–Crippen LogP) is 4.79. The summed E-state index contributed by atoms with van der Waals surface area (Å²) in [5.74, 6) is -2.31. The van der Waals surface area contributed by atoms with Gasteiger partial charge in [-0.25, -0.2) is 4.39 Å². The number of halogens is 6. The number of alkyl halides is 3. The van der Waals surface area contributed by atoms with Crippen LogP contribution in [0.3, 0.4) is 0 Å². The zero-order chi connectivity index (χ0) is 25.6. The van der Waals surface area contributed by atoms with Crippen LogP contribution in [0.4, 0.5) is 17.6 Å². The van der Waals surface area contributed by atoms with Crippen molar-refractivity contribution >= 4 is 35.0 Å². The van der Waals surface area contributed by atoms with Crippen molar-refractivity contribution in [3.05, 3.63) is 69.5 Å². The molecule has 2 atom stereocenters. The molecule has 2 fully saturated rings. The standard InChI is InChI=1S/C24H22Cl2F4N2O3/c25-18-6-3-15(11-19(18)26)23(35,24(28,29)30)21(34)32-9-7-22(8-10-32)12-20(33)31-13-17(22)14-1-4-16(27)5-2-14/h1-6,11,17,35H,7-10,12-13H2,(H,31,33)/t17-,23+/m0/s1. The van der Waals surface area contributed by atoms with E-state index in [1.54, 1.807) is 12.1 Å². The van der Waals surface area contributed by atoms with Gasteiger partial charge < -0.3 is 15.3 Å². The summed E-state index contributed by atoms with van der Waals surface area (Å²) in [5.41, 5.74) is -4.36. The van der Waals surface area contributed by atoms with E-state index in [2.05, 4.69) is 5.32 Å². The second-order valence-corrected chi connectivity index (χ2v) is 9.89. The molecule has 2 aromatic rings. The molecule has 2 heterocycles. The molecule has 0 aliphatic carbocycles. The van der Waals surface area contributed by atoms with Crippen LogP contribution in [0, 0.1) is 11.2 Å². The minimum Gasteiger partial charge on any atom is -0.368 e. The monoisotopic (exact) mass is 532 g/mol. The number of aliphatic hydroxyl groups is 1. The van der Waals surface area contributed by atoms with Crippen molar-refractivity contribution in [1.29, 1.82) is 0 Å². The van der Waals surface area contributed by atoms with E-state index in [-0.39, 0.29) is 54.2 Å². The number of amides is 2. The molecule has 0 saturated carbocycles. The van der Waals surface area contributed by atoms with E-state index in [1.165, 1.54) is 12.1 Å². The lowest BCUT2D eigenvalue weighted by atomic mass is 9.62. The third-order valence-electron chi connectivity index (χ3n) is 7.13. The van der Waals surface area contributed by atoms with Crippen molar-refractivity contribution in [1.82, 2.24) is 10.2 Å². The third-order valence-corrected chi connectivity index (χ3v) is 7.87. The number of likely N-dealkylation sites (tertiary alicyclic amines) is 1. The first-order chi connectivity index (χ1) is 16.4. The van der Waals surface area contributed by atoms with E-state index in [4.69, 9.17) is 23.2 Å². The van der Waals surface area contributed by atoms with Crippen molar-refractivity contribution in [2.45, 2.75) is 37.0 Å². The SMILES string of the molecule is O=C1CC2(CCN(C(=O)[C@](O)(c3ccc(Cl)c(Cl)c3)C(F)(F)F)CC2)[C@H](c2ccc(F)cc2)CN1. The number of hydrogen-bond donors (Lipinski definition) is 2. The molecule has 2 aliphatic heterocycles. The molecule has 0 bridgehead atoms. The summed E-state index contributed by atoms with van der Waals surface area (Å²) in [7, 11) is 0. The molecule has 2 aromatic carbocycles. The van der Waals surface area contributed by atoms with Crippen LogP contribution in [0.1, 0.15) is 36.3 Å². The molecule has 2 amide bonds. The van der Waals surface area contributed by atoms with Crippen molar-refractivity contribution in [3.8, 4) is 0 Å². The van der Waals surface area contributed by atoms with Crippen LogP contribution in [0.25, 0.3) is 0 Å². The van der Waals surface area contributed by atoms with Gasteiger partial charge in [-0.1, -0.05) is 41.4 Å². The second kappa shape index (κ2) is 9.26. The fourth-order valence-corrected chi connectivity index (χ4v) is 5.44. The molecule has 2 N–H and O–H groups in total. The minimum absolute atomic E-state index is 0.0188. The average molecular weight is 533 g/mol. The van der Waals surface area contributed by atoms with Gasteiger partial charge in [0, 0.05) is 37.5 Å². The molecular formula is C24H22Cl2F4N2O3. The number of rotatable bonds is 3. The van der Waals surface area contributed by atoms with E-state index < -0.39 is 34.5 Å². The van der Waals surface area contributed by atoms with Gasteiger partial charge in [0.2, 0.25) is 5.91 Å². The van der Waals surface area contributed by atoms with Crippen LogP contribution in [0.2, 0.25) is 10.0 Å². The summed E-state index contributed by atoms with van der Waals surface area (Å²) in [6, 6.07) is 8.73. The lowest BCUT2D eigenvalue weighted by Gasteiger charge is -2.50. The van der Waals surface area contributed by atoms with Crippen molar-refractivity contribution in [2.75, 3.05) is 19.6 Å². The molecule has 4 rings (SSSR count). The highest BCUT2D eigenvalue weighted by Crippen LogP contribution is 2.50. The Hall–Kier alpha value is -2.36. The molecule has 0 radical (unpaired) electrons. The Balaban J connectivity index is 1.61. The first kappa shape index (κ1) is 25.7. The number of piperidine rings is 2. The van der Waals surface area contributed by atoms with Gasteiger partial charge in [0.15, 0.2) is 0 Å². The number of nitrogens with zero attached hydrogens (tertiary/aromatic N) is 1. The topological polar surface area (TPSA) is 69.6 Å². The molecule has 2 aliphatic rings. The van der Waals surface area contributed by atoms with E-state index >= 15 is 0 Å². The number of carbonyl (C=O) groups is 2. The third kappa shape index (κ3) is 4.61. The molecule has 0 unspecified atom stereocenters. The Labute approximate surface area is 209 Å². The fourth-order valence-electron chi connectivity index (χ4n) is 5.14. The van der Waals surface area contributed by atoms with Crippen molar-refractivity contribution in [2.24, 2.45) is 5.41 Å². The van der Waals surface area contributed by atoms with E-state index in [9.17, 15) is 32.3 Å². The molecule has 5 nitrogen and oxygen atoms in total. The first-order valence-electron chi connectivity index (χ1n) is 10.9. The highest BCUT2D eigenvalue weighted by Gasteiger charge is 2.62. The van der Waals surface area contributed by atoms with Crippen LogP contribution >= 0.6 is 23.2 Å². The maximum Gasteiger partial charge on any atom is 0.430 e. The predicted molar refractivity (Wildman–Crippen MR) is 121 cm³/mol. The lowest BCUT2D eigenvalue weighted by molar-refractivity contribution is -0.262. The highest BCUT2D eigenvalue weighted by atomic mass is 35.5. The van der Waals surface area contributed by atoms with Crippen molar-refractivity contribution in [3.63, 3.8) is 0 Å². The lowest BCUT2D eigenvalue weighted by Crippen LogP contribution is -2.59. The Bertz CT molecular complexity index is 1130. The zero-order valence-corrected chi connectivity index (χ0v) is 19.9. The smallest absolute Gasteiger partial charge is 0.368 e. The van der Waals surface area contributed by atoms with Gasteiger partial charge in [-0.2, -0.15) is 13.2 Å². The molecule has 188 valence electrons. The number of hydrogen-bond acceptors (Lipinski definition) is 3. The van der Waals surface area contributed by atoms with E-state index in [0.717, 1.165) is 28.7 Å². The van der Waals surface area contributed by atoms with Crippen LogP contribution in [-0.4, -0.2) is 47.6 Å². The Morgan fingerprint density at radius 3 is 2.26 bits per heavy atom. The normalized spacial score (nSPS) is 22.0. The molecule has 0 aromatic heterocycles. The van der Waals surface area contributed by atoms with E-state index in [0.29, 0.717) is 6.54 Å². The molecular weight excluding hydrogens is 511 g/mol. The van der Waals surface area contributed by atoms with Gasteiger partial charge in [-0.3, -0.25) is 9.59 Å². The van der Waals surface area contributed by atoms with Crippen LogP contribution in [0.15, 0.2) is 42.5 Å². The van der Waals surface area contributed by atoms with Gasteiger partial charge in [-0.05, 0) is 48.1 Å². The summed E-state index contributed by atoms with van der Waals surface area (Å²) < 4.78 is 55.7. The Morgan fingerprint density at radius 1 is 1.06 bits per heavy atom. The van der Waals surface area contributed by atoms with Gasteiger partial charge in [-0.15, -0.1) is 0 Å². The molecule has 35 heavy (non-hydrogen) atoms. The van der Waals surface area contributed by atoms with Crippen LogP contribution in [0.5, 0.6) is 0 Å². The van der Waals surface area contributed by atoms with Gasteiger partial charge in [0.25, 0.3) is 11.5 Å². The maximum absolute atomic E-state index is 14.1. The van der Waals surface area contributed by atoms with Gasteiger partial charge in [0.1, 0.15) is 5.82 Å². The van der Waals surface area contributed by atoms with Crippen molar-refractivity contribution < 1.29 is 32.3 Å². The zero-order valence-electron chi connectivity index (χ0n) is 18.3. The summed E-state index contributed by atoms with van der Waals surface area (Å²) in [6.07, 6.45) is -4.71. The summed E-state index contributed by atoms with van der Waals surface area (Å²) in [5, 5.41) is 13.3. The molecule has 11 heteroatoms. The Morgan fingerprint density at radius 2 is 1.69 bits per heavy atom. The van der Waals surface area contributed by atoms with Crippen LogP contribution < -0.4 is 5.32 Å². The minimum atomic E-state index is -5.32. The summed E-state index contributed by atoms with van der Waals surface area (Å²) >= 11 is 11.7. The average Bonchev–Trinajstić information content (AvgIpc) is 2.80. The quantitative estimate of drug-likeness (QED) is 0.558. The summed E-state index contributed by atoms with van der Waals surface area (Å²) in [4.78, 5) is 26.4. The number of benzene rings is 2. The molecule has 1 spiro atoms. The summed E-state index contributed by atoms with van der Waals surface area (Å²) in [6.45, 7) is 0.112. The number of nitrogens with one attached hydrogen (secondary N) is 1. The van der Waals surface area contributed by atoms with Crippen LogP contribution in [-0.2, 0) is 15.2 Å². The first-order valence-corrected chi connectivity index (χ1v) is 11.7. The fraction of sp³-hybridized carbons (Fsp3) is 0.417. The largest absolute Gasteiger partial charge is 0.430 e. The second-order valence-electron chi connectivity index (χ2n) is 9.08. The maximum atomic E-state index is 14.1. The van der Waals surface area contributed by atoms with Gasteiger partial charge >= 0.3 is 6.18 Å².